The molecule has 0 aliphatic heterocycles. The molecule has 0 aliphatic carbocycles. The van der Waals surface area contributed by atoms with Gasteiger partial charge in [0.15, 0.2) is 5.82 Å². The summed E-state index contributed by atoms with van der Waals surface area (Å²) in [4.78, 5) is 14.5. The van der Waals surface area contributed by atoms with E-state index in [1.165, 1.54) is 6.07 Å². The molecular formula is C13H6ClF3N4O. The van der Waals surface area contributed by atoms with Gasteiger partial charge in [-0.25, -0.2) is 24.3 Å². The summed E-state index contributed by atoms with van der Waals surface area (Å²) in [6.07, 6.45) is 3.04. The Morgan fingerprint density at radius 3 is 2.45 bits per heavy atom. The van der Waals surface area contributed by atoms with Crippen LogP contribution in [0.1, 0.15) is 5.82 Å². The number of rotatable bonds is 3. The monoisotopic (exact) mass is 326 g/mol. The Balaban J connectivity index is 2.02. The van der Waals surface area contributed by atoms with Crippen LogP contribution in [-0.4, -0.2) is 19.9 Å². The normalized spacial score (nSPS) is 11.6. The zero-order valence-corrected chi connectivity index (χ0v) is 11.4. The molecule has 112 valence electrons. The quantitative estimate of drug-likeness (QED) is 0.688. The van der Waals surface area contributed by atoms with E-state index in [2.05, 4.69) is 19.9 Å². The molecule has 0 N–H and O–H groups in total. The summed E-state index contributed by atoms with van der Waals surface area (Å²) in [5, 5.41) is -3.30. The van der Waals surface area contributed by atoms with Gasteiger partial charge in [-0.2, -0.15) is 8.78 Å². The third kappa shape index (κ3) is 2.91. The molecule has 22 heavy (non-hydrogen) atoms. The van der Waals surface area contributed by atoms with Gasteiger partial charge in [0.25, 0.3) is 0 Å². The molecule has 2 heterocycles. The fraction of sp³-hybridized carbons (Fsp3) is 0.0769. The van der Waals surface area contributed by atoms with E-state index in [1.54, 1.807) is 12.1 Å². The number of halogens is 4. The van der Waals surface area contributed by atoms with E-state index >= 15 is 0 Å². The number of alkyl halides is 3. The van der Waals surface area contributed by atoms with Crippen LogP contribution in [0.15, 0.2) is 36.8 Å². The molecule has 0 saturated carbocycles. The van der Waals surface area contributed by atoms with Gasteiger partial charge in [0.1, 0.15) is 5.75 Å². The van der Waals surface area contributed by atoms with Gasteiger partial charge < -0.3 is 4.74 Å². The van der Waals surface area contributed by atoms with Crippen molar-refractivity contribution >= 4 is 22.5 Å². The van der Waals surface area contributed by atoms with Crippen molar-refractivity contribution in [2.75, 3.05) is 0 Å². The second kappa shape index (κ2) is 5.38. The number of ether oxygens (including phenoxy) is 1. The van der Waals surface area contributed by atoms with Crippen LogP contribution in [0, 0.1) is 5.82 Å². The summed E-state index contributed by atoms with van der Waals surface area (Å²) in [7, 11) is 0. The molecule has 0 saturated heterocycles. The number of aromatic nitrogens is 4. The predicted octanol–water partition coefficient (Wildman–Crippen LogP) is 3.64. The average molecular weight is 327 g/mol. The number of hydrogen-bond acceptors (Lipinski definition) is 5. The highest BCUT2D eigenvalue weighted by molar-refractivity contribution is 6.21. The van der Waals surface area contributed by atoms with Crippen LogP contribution in [0.5, 0.6) is 11.8 Å². The number of hydrogen-bond donors (Lipinski definition) is 0. The minimum atomic E-state index is -3.66. The Bertz CT molecular complexity index is 824. The summed E-state index contributed by atoms with van der Waals surface area (Å²) >= 11 is 4.90. The highest BCUT2D eigenvalue weighted by Gasteiger charge is 2.32. The minimum absolute atomic E-state index is 0.0966. The fourth-order valence-corrected chi connectivity index (χ4v) is 1.80. The lowest BCUT2D eigenvalue weighted by atomic mass is 10.2. The van der Waals surface area contributed by atoms with Gasteiger partial charge in [0.05, 0.1) is 23.3 Å². The molecular weight excluding hydrogens is 321 g/mol. The maximum atomic E-state index is 13.0. The molecule has 3 rings (SSSR count). The van der Waals surface area contributed by atoms with Crippen molar-refractivity contribution in [1.29, 1.82) is 0 Å². The van der Waals surface area contributed by atoms with Crippen LogP contribution < -0.4 is 4.74 Å². The molecule has 0 aliphatic rings. The van der Waals surface area contributed by atoms with Gasteiger partial charge >= 0.3 is 11.4 Å². The number of nitrogens with zero attached hydrogens (tertiary/aromatic N) is 4. The first-order chi connectivity index (χ1) is 10.4. The molecule has 9 heteroatoms. The molecule has 2 aromatic heterocycles. The molecule has 0 unspecified atom stereocenters. The lowest BCUT2D eigenvalue weighted by Gasteiger charge is -2.09. The van der Waals surface area contributed by atoms with E-state index in [1.807, 2.05) is 0 Å². The number of fused-ring (bicyclic) bond motifs is 1. The minimum Gasteiger partial charge on any atom is -0.424 e. The first-order valence-corrected chi connectivity index (χ1v) is 6.29. The smallest absolute Gasteiger partial charge is 0.381 e. The van der Waals surface area contributed by atoms with Crippen molar-refractivity contribution in [1.82, 2.24) is 19.9 Å². The van der Waals surface area contributed by atoms with Crippen LogP contribution in [0.25, 0.3) is 10.9 Å². The average Bonchev–Trinajstić information content (AvgIpc) is 2.48. The van der Waals surface area contributed by atoms with Gasteiger partial charge in [0, 0.05) is 6.20 Å². The van der Waals surface area contributed by atoms with Crippen molar-refractivity contribution in [2.45, 2.75) is 5.38 Å². The van der Waals surface area contributed by atoms with Crippen molar-refractivity contribution < 1.29 is 17.9 Å². The highest BCUT2D eigenvalue weighted by Crippen LogP contribution is 2.32. The van der Waals surface area contributed by atoms with Crippen LogP contribution >= 0.6 is 11.6 Å². The van der Waals surface area contributed by atoms with Crippen molar-refractivity contribution in [3.05, 3.63) is 48.4 Å². The molecule has 0 fully saturated rings. The summed E-state index contributed by atoms with van der Waals surface area (Å²) in [5.74, 6) is -1.17. The van der Waals surface area contributed by atoms with Gasteiger partial charge in [-0.05, 0) is 23.7 Å². The summed E-state index contributed by atoms with van der Waals surface area (Å²) < 4.78 is 44.2. The highest BCUT2D eigenvalue weighted by atomic mass is 35.5. The molecule has 1 aromatic carbocycles. The largest absolute Gasteiger partial charge is 0.424 e. The zero-order valence-electron chi connectivity index (χ0n) is 10.7. The maximum Gasteiger partial charge on any atom is 0.381 e. The fourth-order valence-electron chi connectivity index (χ4n) is 1.71. The second-order valence-electron chi connectivity index (χ2n) is 4.17. The molecule has 0 amide bonds. The molecule has 0 bridgehead atoms. The van der Waals surface area contributed by atoms with E-state index in [9.17, 15) is 13.2 Å². The Hall–Kier alpha value is -2.48. The lowest BCUT2D eigenvalue weighted by molar-refractivity contribution is 0.0849. The van der Waals surface area contributed by atoms with Crippen LogP contribution in [0.2, 0.25) is 0 Å². The first-order valence-electron chi connectivity index (χ1n) is 5.92. The van der Waals surface area contributed by atoms with E-state index < -0.39 is 17.0 Å². The second-order valence-corrected chi connectivity index (χ2v) is 4.64. The third-order valence-electron chi connectivity index (χ3n) is 2.64. The van der Waals surface area contributed by atoms with Crippen molar-refractivity contribution in [3.63, 3.8) is 0 Å². The van der Waals surface area contributed by atoms with Crippen molar-refractivity contribution in [2.24, 2.45) is 0 Å². The summed E-state index contributed by atoms with van der Waals surface area (Å²) in [6, 6.07) is 4.50. The molecule has 5 nitrogen and oxygen atoms in total. The van der Waals surface area contributed by atoms with Crippen molar-refractivity contribution in [3.8, 4) is 11.8 Å². The molecule has 0 spiro atoms. The van der Waals surface area contributed by atoms with E-state index in [4.69, 9.17) is 16.3 Å². The van der Waals surface area contributed by atoms with E-state index in [0.29, 0.717) is 5.39 Å². The molecule has 0 atom stereocenters. The summed E-state index contributed by atoms with van der Waals surface area (Å²) in [5.41, 5.74) is 0.213. The molecule has 0 radical (unpaired) electrons. The number of benzene rings is 1. The van der Waals surface area contributed by atoms with Crippen LogP contribution in [-0.2, 0) is 5.38 Å². The Morgan fingerprint density at radius 1 is 1.05 bits per heavy atom. The first kappa shape index (κ1) is 14.5. The Kier molecular flexibility index (Phi) is 3.53. The Morgan fingerprint density at radius 2 is 1.77 bits per heavy atom. The maximum absolute atomic E-state index is 13.0. The summed E-state index contributed by atoms with van der Waals surface area (Å²) in [6.45, 7) is 0. The standard InChI is InChI=1S/C13H6ClF3N4O/c14-13(16,17)11-18-6-8-9(21-11)2-1-3-10(8)22-12-19-4-7(15)5-20-12/h1-6H. The predicted molar refractivity (Wildman–Crippen MR) is 71.3 cm³/mol. The lowest BCUT2D eigenvalue weighted by Crippen LogP contribution is -2.09. The van der Waals surface area contributed by atoms with Crippen LogP contribution in [0.3, 0.4) is 0 Å². The van der Waals surface area contributed by atoms with Gasteiger partial charge in [-0.3, -0.25) is 0 Å². The topological polar surface area (TPSA) is 60.8 Å². The Labute approximate surface area is 126 Å². The third-order valence-corrected chi connectivity index (χ3v) is 2.81. The van der Waals surface area contributed by atoms with Gasteiger partial charge in [-0.15, -0.1) is 0 Å². The zero-order chi connectivity index (χ0) is 15.7. The van der Waals surface area contributed by atoms with E-state index in [0.717, 1.165) is 18.6 Å². The van der Waals surface area contributed by atoms with E-state index in [-0.39, 0.29) is 17.3 Å². The van der Waals surface area contributed by atoms with Gasteiger partial charge in [0.2, 0.25) is 5.82 Å². The SMILES string of the molecule is Fc1cnc(Oc2cccc3nc(C(F)(F)Cl)ncc23)nc1. The van der Waals surface area contributed by atoms with Crippen LogP contribution in [0.4, 0.5) is 13.2 Å². The van der Waals surface area contributed by atoms with Gasteiger partial charge in [-0.1, -0.05) is 6.07 Å². The molecule has 3 aromatic rings.